The van der Waals surface area contributed by atoms with E-state index in [0.29, 0.717) is 13.0 Å². The molecule has 0 atom stereocenters. The molecule has 0 aliphatic rings. The lowest BCUT2D eigenvalue weighted by Crippen LogP contribution is -2.45. The Balaban J connectivity index is 4.36. The molecule has 0 fully saturated rings. The summed E-state index contributed by atoms with van der Waals surface area (Å²) in [4.78, 5) is 11.3. The van der Waals surface area contributed by atoms with E-state index in [1.807, 2.05) is 0 Å². The standard InChI is InChI=1S/C8H17NO3/c1-3-8(5-10,6-11)7(12)9-4-2/h10-11H,3-6H2,1-2H3,(H,9,12). The molecular weight excluding hydrogens is 158 g/mol. The van der Waals surface area contributed by atoms with Crippen LogP contribution < -0.4 is 5.32 Å². The molecule has 4 nitrogen and oxygen atoms in total. The molecule has 4 heteroatoms. The van der Waals surface area contributed by atoms with Gasteiger partial charge in [-0.2, -0.15) is 0 Å². The third-order valence-electron chi connectivity index (χ3n) is 2.10. The average molecular weight is 175 g/mol. The van der Waals surface area contributed by atoms with Crippen molar-refractivity contribution in [3.63, 3.8) is 0 Å². The highest BCUT2D eigenvalue weighted by Gasteiger charge is 2.34. The SMILES string of the molecule is CCNC(=O)C(CC)(CO)CO. The first-order valence-corrected chi connectivity index (χ1v) is 4.17. The van der Waals surface area contributed by atoms with Crippen LogP contribution in [-0.4, -0.2) is 35.9 Å². The summed E-state index contributed by atoms with van der Waals surface area (Å²) in [5.74, 6) is -0.280. The van der Waals surface area contributed by atoms with E-state index in [2.05, 4.69) is 5.32 Å². The van der Waals surface area contributed by atoms with Crippen molar-refractivity contribution in [2.24, 2.45) is 5.41 Å². The smallest absolute Gasteiger partial charge is 0.230 e. The molecule has 0 saturated carbocycles. The Morgan fingerprint density at radius 1 is 1.33 bits per heavy atom. The Labute approximate surface area is 72.6 Å². The highest BCUT2D eigenvalue weighted by atomic mass is 16.3. The molecule has 0 aromatic heterocycles. The van der Waals surface area contributed by atoms with Gasteiger partial charge in [0.1, 0.15) is 0 Å². The van der Waals surface area contributed by atoms with Crippen molar-refractivity contribution in [2.75, 3.05) is 19.8 Å². The predicted octanol–water partition coefficient (Wildman–Crippen LogP) is -0.497. The normalized spacial score (nSPS) is 11.3. The second-order valence-corrected chi connectivity index (χ2v) is 2.81. The van der Waals surface area contributed by atoms with E-state index in [9.17, 15) is 4.79 Å². The molecular formula is C8H17NO3. The average Bonchev–Trinajstić information content (AvgIpc) is 2.09. The summed E-state index contributed by atoms with van der Waals surface area (Å²) in [5.41, 5.74) is -1.00. The fraction of sp³-hybridized carbons (Fsp3) is 0.875. The van der Waals surface area contributed by atoms with Crippen LogP contribution in [0.1, 0.15) is 20.3 Å². The molecule has 12 heavy (non-hydrogen) atoms. The van der Waals surface area contributed by atoms with E-state index >= 15 is 0 Å². The zero-order valence-electron chi connectivity index (χ0n) is 7.63. The molecule has 0 aliphatic carbocycles. The Hall–Kier alpha value is -0.610. The van der Waals surface area contributed by atoms with Crippen LogP contribution in [0.25, 0.3) is 0 Å². The number of hydrogen-bond acceptors (Lipinski definition) is 3. The number of carbonyl (C=O) groups excluding carboxylic acids is 1. The van der Waals surface area contributed by atoms with Crippen molar-refractivity contribution in [3.8, 4) is 0 Å². The number of nitrogens with one attached hydrogen (secondary N) is 1. The molecule has 0 heterocycles. The lowest BCUT2D eigenvalue weighted by molar-refractivity contribution is -0.136. The minimum absolute atomic E-state index is 0.280. The monoisotopic (exact) mass is 175 g/mol. The summed E-state index contributed by atoms with van der Waals surface area (Å²) in [6.07, 6.45) is 0.436. The van der Waals surface area contributed by atoms with Gasteiger partial charge in [-0.25, -0.2) is 0 Å². The van der Waals surface area contributed by atoms with Crippen LogP contribution in [0.3, 0.4) is 0 Å². The van der Waals surface area contributed by atoms with Gasteiger partial charge in [0.2, 0.25) is 5.91 Å². The van der Waals surface area contributed by atoms with Gasteiger partial charge in [-0.05, 0) is 13.3 Å². The highest BCUT2D eigenvalue weighted by molar-refractivity contribution is 5.82. The third-order valence-corrected chi connectivity index (χ3v) is 2.10. The maximum atomic E-state index is 11.3. The Kier molecular flexibility index (Phi) is 4.85. The zero-order valence-corrected chi connectivity index (χ0v) is 7.63. The highest BCUT2D eigenvalue weighted by Crippen LogP contribution is 2.20. The second-order valence-electron chi connectivity index (χ2n) is 2.81. The lowest BCUT2D eigenvalue weighted by Gasteiger charge is -2.26. The van der Waals surface area contributed by atoms with Crippen molar-refractivity contribution >= 4 is 5.91 Å². The second kappa shape index (κ2) is 5.11. The number of carbonyl (C=O) groups is 1. The maximum absolute atomic E-state index is 11.3. The van der Waals surface area contributed by atoms with Crippen LogP contribution in [0, 0.1) is 5.41 Å². The Morgan fingerprint density at radius 3 is 2.08 bits per heavy atom. The van der Waals surface area contributed by atoms with Gasteiger partial charge in [0, 0.05) is 6.54 Å². The number of amides is 1. The van der Waals surface area contributed by atoms with Gasteiger partial charge in [-0.15, -0.1) is 0 Å². The van der Waals surface area contributed by atoms with E-state index in [-0.39, 0.29) is 19.1 Å². The molecule has 0 bridgehead atoms. The molecule has 0 unspecified atom stereocenters. The van der Waals surface area contributed by atoms with Crippen LogP contribution in [-0.2, 0) is 4.79 Å². The van der Waals surface area contributed by atoms with Crippen molar-refractivity contribution in [2.45, 2.75) is 20.3 Å². The van der Waals surface area contributed by atoms with Crippen molar-refractivity contribution in [3.05, 3.63) is 0 Å². The quantitative estimate of drug-likeness (QED) is 0.528. The van der Waals surface area contributed by atoms with Crippen molar-refractivity contribution in [1.82, 2.24) is 5.32 Å². The fourth-order valence-electron chi connectivity index (χ4n) is 0.926. The summed E-state index contributed by atoms with van der Waals surface area (Å²) in [7, 11) is 0. The van der Waals surface area contributed by atoms with Gasteiger partial charge in [-0.3, -0.25) is 4.79 Å². The van der Waals surface area contributed by atoms with Crippen LogP contribution >= 0.6 is 0 Å². The van der Waals surface area contributed by atoms with Gasteiger partial charge >= 0.3 is 0 Å². The zero-order chi connectivity index (χ0) is 9.61. The minimum Gasteiger partial charge on any atom is -0.395 e. The van der Waals surface area contributed by atoms with Crippen LogP contribution in [0.5, 0.6) is 0 Å². The first kappa shape index (κ1) is 11.4. The van der Waals surface area contributed by atoms with E-state index in [0.717, 1.165) is 0 Å². The van der Waals surface area contributed by atoms with Gasteiger partial charge in [0.15, 0.2) is 0 Å². The molecule has 72 valence electrons. The maximum Gasteiger partial charge on any atom is 0.230 e. The van der Waals surface area contributed by atoms with Crippen molar-refractivity contribution in [1.29, 1.82) is 0 Å². The molecule has 0 saturated heterocycles. The number of aliphatic hydroxyl groups is 2. The summed E-state index contributed by atoms with van der Waals surface area (Å²) in [5, 5.41) is 20.5. The summed E-state index contributed by atoms with van der Waals surface area (Å²) in [6.45, 7) is 3.45. The number of rotatable bonds is 5. The molecule has 0 radical (unpaired) electrons. The van der Waals surface area contributed by atoms with Gasteiger partial charge in [0.25, 0.3) is 0 Å². The Morgan fingerprint density at radius 2 is 1.83 bits per heavy atom. The van der Waals surface area contributed by atoms with Crippen LogP contribution in [0.2, 0.25) is 0 Å². The molecule has 3 N–H and O–H groups in total. The summed E-state index contributed by atoms with van der Waals surface area (Å²) in [6, 6.07) is 0. The predicted molar refractivity (Wildman–Crippen MR) is 45.6 cm³/mol. The van der Waals surface area contributed by atoms with E-state index in [4.69, 9.17) is 10.2 Å². The van der Waals surface area contributed by atoms with E-state index in [1.165, 1.54) is 0 Å². The largest absolute Gasteiger partial charge is 0.395 e. The molecule has 0 aliphatic heterocycles. The topological polar surface area (TPSA) is 69.6 Å². The number of hydrogen-bond donors (Lipinski definition) is 3. The van der Waals surface area contributed by atoms with Gasteiger partial charge in [0.05, 0.1) is 18.6 Å². The summed E-state index contributed by atoms with van der Waals surface area (Å²) >= 11 is 0. The van der Waals surface area contributed by atoms with Crippen LogP contribution in [0.15, 0.2) is 0 Å². The van der Waals surface area contributed by atoms with Gasteiger partial charge < -0.3 is 15.5 Å². The minimum atomic E-state index is -1.00. The Bertz CT molecular complexity index is 135. The molecule has 1 amide bonds. The third kappa shape index (κ3) is 2.19. The molecule has 0 rings (SSSR count). The molecule has 0 aromatic carbocycles. The molecule has 0 aromatic rings. The lowest BCUT2D eigenvalue weighted by atomic mass is 9.86. The number of aliphatic hydroxyl groups excluding tert-OH is 2. The molecule has 0 spiro atoms. The fourth-order valence-corrected chi connectivity index (χ4v) is 0.926. The van der Waals surface area contributed by atoms with Gasteiger partial charge in [-0.1, -0.05) is 6.92 Å². The first-order chi connectivity index (χ1) is 5.66. The summed E-state index contributed by atoms with van der Waals surface area (Å²) < 4.78 is 0. The van der Waals surface area contributed by atoms with E-state index < -0.39 is 5.41 Å². The first-order valence-electron chi connectivity index (χ1n) is 4.17. The van der Waals surface area contributed by atoms with Crippen LogP contribution in [0.4, 0.5) is 0 Å². The van der Waals surface area contributed by atoms with Crippen molar-refractivity contribution < 1.29 is 15.0 Å². The van der Waals surface area contributed by atoms with E-state index in [1.54, 1.807) is 13.8 Å².